The van der Waals surface area contributed by atoms with Crippen LogP contribution in [0.15, 0.2) is 42.5 Å². The van der Waals surface area contributed by atoms with E-state index < -0.39 is 0 Å². The lowest BCUT2D eigenvalue weighted by atomic mass is 10.1. The van der Waals surface area contributed by atoms with Crippen LogP contribution in [0, 0.1) is 0 Å². The van der Waals surface area contributed by atoms with Crippen LogP contribution in [0.4, 0.5) is 0 Å². The van der Waals surface area contributed by atoms with Gasteiger partial charge in [0.25, 0.3) is 0 Å². The van der Waals surface area contributed by atoms with Crippen molar-refractivity contribution in [1.82, 2.24) is 0 Å². The van der Waals surface area contributed by atoms with Gasteiger partial charge in [0.2, 0.25) is 0 Å². The summed E-state index contributed by atoms with van der Waals surface area (Å²) in [5.74, 6) is 0. The maximum absolute atomic E-state index is 2.38. The third-order valence-corrected chi connectivity index (χ3v) is 4.08. The first kappa shape index (κ1) is 18.0. The average molecular weight is 287 g/mol. The molecule has 0 amide bonds. The number of aryl methyl sites for hydroxylation is 1. The molecule has 1 rings (SSSR count). The molecule has 0 heteroatoms. The molecule has 0 saturated heterocycles. The van der Waals surface area contributed by atoms with E-state index in [4.69, 9.17) is 0 Å². The SMILES string of the molecule is CCCCCCCCCCCC=CCCc1ccccc1. The highest BCUT2D eigenvalue weighted by Crippen LogP contribution is 2.11. The van der Waals surface area contributed by atoms with Crippen molar-refractivity contribution in [1.29, 1.82) is 0 Å². The molecule has 0 nitrogen and oxygen atoms in total. The molecule has 0 aromatic heterocycles. The zero-order valence-electron chi connectivity index (χ0n) is 14.0. The van der Waals surface area contributed by atoms with Gasteiger partial charge in [-0.15, -0.1) is 0 Å². The Morgan fingerprint density at radius 1 is 0.667 bits per heavy atom. The minimum absolute atomic E-state index is 1.18. The number of hydrogen-bond acceptors (Lipinski definition) is 0. The molecule has 0 aliphatic heterocycles. The van der Waals surface area contributed by atoms with E-state index in [0.29, 0.717) is 0 Å². The second-order valence-corrected chi connectivity index (χ2v) is 6.11. The fraction of sp³-hybridized carbons (Fsp3) is 0.619. The summed E-state index contributed by atoms with van der Waals surface area (Å²) in [4.78, 5) is 0. The molecule has 0 saturated carbocycles. The first-order valence-electron chi connectivity index (χ1n) is 9.12. The zero-order chi connectivity index (χ0) is 15.0. The van der Waals surface area contributed by atoms with Gasteiger partial charge < -0.3 is 0 Å². The smallest absolute Gasteiger partial charge is 0.0244 e. The van der Waals surface area contributed by atoms with Gasteiger partial charge in [-0.2, -0.15) is 0 Å². The van der Waals surface area contributed by atoms with E-state index in [1.165, 1.54) is 82.6 Å². The van der Waals surface area contributed by atoms with Gasteiger partial charge in [0, 0.05) is 0 Å². The Balaban J connectivity index is 1.82. The van der Waals surface area contributed by atoms with E-state index in [9.17, 15) is 0 Å². The molecule has 0 radical (unpaired) electrons. The molecular weight excluding hydrogens is 252 g/mol. The maximum Gasteiger partial charge on any atom is -0.0244 e. The Hall–Kier alpha value is -1.04. The molecule has 0 N–H and O–H groups in total. The van der Waals surface area contributed by atoms with Crippen LogP contribution in [0.2, 0.25) is 0 Å². The van der Waals surface area contributed by atoms with Gasteiger partial charge in [0.05, 0.1) is 0 Å². The summed E-state index contributed by atoms with van der Waals surface area (Å²) in [6.45, 7) is 2.29. The maximum atomic E-state index is 2.38. The number of allylic oxidation sites excluding steroid dienone is 2. The van der Waals surface area contributed by atoms with Crippen molar-refractivity contribution in [3.63, 3.8) is 0 Å². The average Bonchev–Trinajstić information content (AvgIpc) is 2.53. The monoisotopic (exact) mass is 286 g/mol. The Morgan fingerprint density at radius 2 is 1.24 bits per heavy atom. The van der Waals surface area contributed by atoms with Crippen LogP contribution in [-0.4, -0.2) is 0 Å². The standard InChI is InChI=1S/C21H34/c1-2-3-4-5-6-7-8-9-10-11-12-13-15-18-21-19-16-14-17-20-21/h12-14,16-17,19-20H,2-11,15,18H2,1H3. The summed E-state index contributed by atoms with van der Waals surface area (Å²) in [5, 5.41) is 0. The van der Waals surface area contributed by atoms with Crippen LogP contribution in [0.3, 0.4) is 0 Å². The molecule has 21 heavy (non-hydrogen) atoms. The fourth-order valence-corrected chi connectivity index (χ4v) is 2.70. The molecule has 0 heterocycles. The summed E-state index contributed by atoms with van der Waals surface area (Å²) in [6.07, 6.45) is 21.2. The Labute approximate surface area is 132 Å². The van der Waals surface area contributed by atoms with Crippen molar-refractivity contribution in [3.8, 4) is 0 Å². The molecule has 1 aromatic carbocycles. The largest absolute Gasteiger partial charge is 0.0885 e. The van der Waals surface area contributed by atoms with Crippen molar-refractivity contribution < 1.29 is 0 Å². The molecule has 1 aromatic rings. The minimum Gasteiger partial charge on any atom is -0.0885 e. The lowest BCUT2D eigenvalue weighted by Crippen LogP contribution is -1.82. The lowest BCUT2D eigenvalue weighted by Gasteiger charge is -2.00. The van der Waals surface area contributed by atoms with E-state index in [2.05, 4.69) is 49.4 Å². The van der Waals surface area contributed by atoms with Gasteiger partial charge in [-0.25, -0.2) is 0 Å². The Bertz CT molecular complexity index is 336. The van der Waals surface area contributed by atoms with E-state index in [0.717, 1.165) is 0 Å². The van der Waals surface area contributed by atoms with Gasteiger partial charge in [-0.1, -0.05) is 101 Å². The molecule has 0 bridgehead atoms. The molecule has 0 aliphatic rings. The highest BCUT2D eigenvalue weighted by atomic mass is 14.0. The highest BCUT2D eigenvalue weighted by Gasteiger charge is 1.91. The van der Waals surface area contributed by atoms with Crippen molar-refractivity contribution in [2.24, 2.45) is 0 Å². The molecular formula is C21H34. The van der Waals surface area contributed by atoms with Crippen LogP contribution in [-0.2, 0) is 6.42 Å². The first-order chi connectivity index (χ1) is 10.4. The van der Waals surface area contributed by atoms with E-state index in [-0.39, 0.29) is 0 Å². The third-order valence-electron chi connectivity index (χ3n) is 4.08. The van der Waals surface area contributed by atoms with Crippen molar-refractivity contribution in [3.05, 3.63) is 48.0 Å². The predicted octanol–water partition coefficient (Wildman–Crippen LogP) is 7.10. The molecule has 0 spiro atoms. The van der Waals surface area contributed by atoms with E-state index >= 15 is 0 Å². The topological polar surface area (TPSA) is 0 Å². The highest BCUT2D eigenvalue weighted by molar-refractivity contribution is 5.15. The summed E-state index contributed by atoms with van der Waals surface area (Å²) >= 11 is 0. The Morgan fingerprint density at radius 3 is 1.90 bits per heavy atom. The summed E-state index contributed by atoms with van der Waals surface area (Å²) in [5.41, 5.74) is 1.45. The van der Waals surface area contributed by atoms with E-state index in [1.54, 1.807) is 0 Å². The first-order valence-corrected chi connectivity index (χ1v) is 9.12. The number of unbranched alkanes of at least 4 members (excludes halogenated alkanes) is 9. The second-order valence-electron chi connectivity index (χ2n) is 6.11. The number of rotatable bonds is 13. The second kappa shape index (κ2) is 13.9. The minimum atomic E-state index is 1.18. The van der Waals surface area contributed by atoms with Crippen LogP contribution in [0.1, 0.15) is 83.1 Å². The van der Waals surface area contributed by atoms with Crippen LogP contribution in [0.5, 0.6) is 0 Å². The lowest BCUT2D eigenvalue weighted by molar-refractivity contribution is 0.566. The molecule has 0 unspecified atom stereocenters. The zero-order valence-corrected chi connectivity index (χ0v) is 14.0. The molecule has 0 aliphatic carbocycles. The normalized spacial score (nSPS) is 11.3. The van der Waals surface area contributed by atoms with Gasteiger partial charge in [0.1, 0.15) is 0 Å². The van der Waals surface area contributed by atoms with Crippen LogP contribution in [0.25, 0.3) is 0 Å². The molecule has 0 atom stereocenters. The van der Waals surface area contributed by atoms with Gasteiger partial charge >= 0.3 is 0 Å². The Kier molecular flexibility index (Phi) is 11.9. The molecule has 118 valence electrons. The van der Waals surface area contributed by atoms with E-state index in [1.807, 2.05) is 0 Å². The van der Waals surface area contributed by atoms with Crippen molar-refractivity contribution in [2.45, 2.75) is 84.0 Å². The summed E-state index contributed by atoms with van der Waals surface area (Å²) < 4.78 is 0. The summed E-state index contributed by atoms with van der Waals surface area (Å²) in [7, 11) is 0. The molecule has 0 fully saturated rings. The van der Waals surface area contributed by atoms with Gasteiger partial charge in [-0.3, -0.25) is 0 Å². The van der Waals surface area contributed by atoms with Gasteiger partial charge in [0.15, 0.2) is 0 Å². The quantitative estimate of drug-likeness (QED) is 0.268. The third kappa shape index (κ3) is 11.3. The van der Waals surface area contributed by atoms with Crippen LogP contribution < -0.4 is 0 Å². The fourth-order valence-electron chi connectivity index (χ4n) is 2.70. The van der Waals surface area contributed by atoms with Gasteiger partial charge in [-0.05, 0) is 31.2 Å². The number of hydrogen-bond donors (Lipinski definition) is 0. The number of benzene rings is 1. The van der Waals surface area contributed by atoms with Crippen LogP contribution >= 0.6 is 0 Å². The predicted molar refractivity (Wildman–Crippen MR) is 95.7 cm³/mol. The summed E-state index contributed by atoms with van der Waals surface area (Å²) in [6, 6.07) is 10.8. The van der Waals surface area contributed by atoms with Crippen molar-refractivity contribution in [2.75, 3.05) is 0 Å². The van der Waals surface area contributed by atoms with Crippen molar-refractivity contribution >= 4 is 0 Å².